The van der Waals surface area contributed by atoms with Crippen LogP contribution < -0.4 is 16.5 Å². The molecule has 12 heavy (non-hydrogen) atoms. The van der Waals surface area contributed by atoms with Crippen molar-refractivity contribution in [2.24, 2.45) is 5.14 Å². The van der Waals surface area contributed by atoms with Gasteiger partial charge in [0, 0.05) is 0 Å². The van der Waals surface area contributed by atoms with Crippen LogP contribution in [0, 0.1) is 0 Å². The van der Waals surface area contributed by atoms with Gasteiger partial charge in [-0.1, -0.05) is 0 Å². The minimum absolute atomic E-state index is 0.00856. The van der Waals surface area contributed by atoms with Crippen LogP contribution in [0.3, 0.4) is 0 Å². The maximum absolute atomic E-state index is 9.13. The van der Waals surface area contributed by atoms with Crippen LogP contribution in [0.5, 0.6) is 5.78 Å². The molecule has 0 saturated carbocycles. The first kappa shape index (κ1) is 9.41. The molecule has 0 unspecified atom stereocenters. The van der Waals surface area contributed by atoms with Gasteiger partial charge in [-0.25, -0.2) is 0 Å². The van der Waals surface area contributed by atoms with E-state index in [0.29, 0.717) is 17.0 Å². The summed E-state index contributed by atoms with van der Waals surface area (Å²) in [6.07, 6.45) is 0. The Bertz CT molecular complexity index is 296. The summed E-state index contributed by atoms with van der Waals surface area (Å²) in [6.45, 7) is 1.53. The Hall–Kier alpha value is -0.680. The van der Waals surface area contributed by atoms with E-state index in [-0.39, 0.29) is 5.78 Å². The molecule has 0 bridgehead atoms. The normalized spacial score (nSPS) is 9.75. The zero-order chi connectivity index (χ0) is 9.14. The van der Waals surface area contributed by atoms with Crippen LogP contribution in [0.15, 0.2) is 0 Å². The quantitative estimate of drug-likeness (QED) is 0.365. The van der Waals surface area contributed by atoms with Crippen LogP contribution in [0.1, 0.15) is 5.46 Å². The summed E-state index contributed by atoms with van der Waals surface area (Å²) in [5, 5.41) is 14.4. The van der Waals surface area contributed by atoms with Gasteiger partial charge in [0.2, 0.25) is 0 Å². The van der Waals surface area contributed by atoms with Gasteiger partial charge in [-0.3, -0.25) is 0 Å². The van der Waals surface area contributed by atoms with E-state index in [2.05, 4.69) is 4.98 Å². The second-order valence-electron chi connectivity index (χ2n) is 2.45. The van der Waals surface area contributed by atoms with Crippen molar-refractivity contribution in [3.05, 3.63) is 5.46 Å². The molecule has 0 radical (unpaired) electrons. The Morgan fingerprint density at radius 2 is 2.33 bits per heavy atom. The summed E-state index contributed by atoms with van der Waals surface area (Å²) in [4.78, 5) is 3.80. The van der Waals surface area contributed by atoms with E-state index in [4.69, 9.17) is 16.0 Å². The van der Waals surface area contributed by atoms with Gasteiger partial charge in [0.15, 0.2) is 0 Å². The number of anilines is 1. The molecule has 0 atom stereocenters. The Morgan fingerprint density at radius 3 is 2.92 bits per heavy atom. The molecule has 0 aliphatic heterocycles. The SMILES string of the molecule is Bc1nc(O)bc(CSN)c1N. The summed E-state index contributed by atoms with van der Waals surface area (Å²) >= 11 is 1.17. The van der Waals surface area contributed by atoms with Gasteiger partial charge >= 0.3 is 75.9 Å². The molecule has 1 aromatic heterocycles. The molecule has 1 heterocycles. The van der Waals surface area contributed by atoms with Crippen LogP contribution in [-0.2, 0) is 5.75 Å². The molecule has 0 aliphatic carbocycles. The molecule has 1 aromatic rings. The van der Waals surface area contributed by atoms with Crippen molar-refractivity contribution in [2.75, 3.05) is 5.73 Å². The molecule has 7 heteroatoms. The average Bonchev–Trinajstić information content (AvgIpc) is 2.00. The van der Waals surface area contributed by atoms with Crippen molar-refractivity contribution in [1.29, 1.82) is 0 Å². The van der Waals surface area contributed by atoms with Gasteiger partial charge in [-0.2, -0.15) is 0 Å². The molecule has 0 amide bonds. The molecule has 0 aliphatic rings. The fourth-order valence-corrected chi connectivity index (χ4v) is 1.36. The van der Waals surface area contributed by atoms with E-state index in [1.807, 2.05) is 0 Å². The predicted molar refractivity (Wildman–Crippen MR) is 55.3 cm³/mol. The molecule has 0 saturated heterocycles. The third kappa shape index (κ3) is 1.92. The number of nitrogen functional groups attached to an aromatic ring is 1. The first-order chi connectivity index (χ1) is 5.65. The second kappa shape index (κ2) is 3.82. The molecule has 5 N–H and O–H groups in total. The molecule has 1 rings (SSSR count). The number of hydrogen-bond donors (Lipinski definition) is 3. The topological polar surface area (TPSA) is 85.2 Å². The van der Waals surface area contributed by atoms with Gasteiger partial charge in [-0.15, -0.1) is 0 Å². The van der Waals surface area contributed by atoms with Crippen molar-refractivity contribution in [1.82, 2.24) is 4.98 Å². The Morgan fingerprint density at radius 1 is 1.67 bits per heavy atom. The zero-order valence-corrected chi connectivity index (χ0v) is 7.56. The third-order valence-electron chi connectivity index (χ3n) is 1.56. The standard InChI is InChI=1S/C5H9B2N3OS/c6-4-3(8)2(1-12-9)7-5(11)10-4/h1,6,8-9H2,(H,10,11). The van der Waals surface area contributed by atoms with Gasteiger partial charge < -0.3 is 0 Å². The van der Waals surface area contributed by atoms with Crippen LogP contribution >= 0.6 is 11.9 Å². The van der Waals surface area contributed by atoms with Gasteiger partial charge in [0.1, 0.15) is 0 Å². The average molecular weight is 181 g/mol. The van der Waals surface area contributed by atoms with Crippen molar-refractivity contribution >= 4 is 38.0 Å². The first-order valence-corrected chi connectivity index (χ1v) is 4.46. The number of aromatic hydroxyl groups is 1. The molecule has 62 valence electrons. The molecule has 0 fully saturated rings. The first-order valence-electron chi connectivity index (χ1n) is 3.41. The predicted octanol–water partition coefficient (Wildman–Crippen LogP) is -1.93. The molecule has 0 aromatic carbocycles. The third-order valence-corrected chi connectivity index (χ3v) is 2.04. The van der Waals surface area contributed by atoms with Gasteiger partial charge in [0.05, 0.1) is 0 Å². The summed E-state index contributed by atoms with van der Waals surface area (Å²) in [6, 6.07) is 0. The van der Waals surface area contributed by atoms with Crippen LogP contribution in [0.2, 0.25) is 0 Å². The van der Waals surface area contributed by atoms with Crippen LogP contribution in [0.25, 0.3) is 0 Å². The fourth-order valence-electron chi connectivity index (χ4n) is 0.939. The second-order valence-corrected chi connectivity index (χ2v) is 3.07. The molecule has 0 spiro atoms. The fraction of sp³-hybridized carbons (Fsp3) is 0.200. The number of hydrogen-bond acceptors (Lipinski definition) is 5. The number of rotatable bonds is 2. The molecular weight excluding hydrogens is 172 g/mol. The summed E-state index contributed by atoms with van der Waals surface area (Å²) < 4.78 is 0. The van der Waals surface area contributed by atoms with E-state index < -0.39 is 0 Å². The van der Waals surface area contributed by atoms with Gasteiger partial charge in [-0.05, 0) is 0 Å². The Kier molecular flexibility index (Phi) is 2.99. The number of nitrogens with two attached hydrogens (primary N) is 2. The minimum atomic E-state index is -0.00856. The molecule has 4 nitrogen and oxygen atoms in total. The van der Waals surface area contributed by atoms with Gasteiger partial charge in [0.25, 0.3) is 0 Å². The summed E-state index contributed by atoms with van der Waals surface area (Å²) in [5.74, 6) is 0.578. The zero-order valence-electron chi connectivity index (χ0n) is 6.74. The summed E-state index contributed by atoms with van der Waals surface area (Å²) in [7, 11) is 1.75. The monoisotopic (exact) mass is 181 g/mol. The van der Waals surface area contributed by atoms with E-state index in [1.54, 1.807) is 7.85 Å². The molecular formula is C5H9B2N3OS. The summed E-state index contributed by atoms with van der Waals surface area (Å²) in [5.41, 5.74) is 7.76. The Labute approximate surface area is 76.5 Å². The maximum atomic E-state index is 9.13. The van der Waals surface area contributed by atoms with E-state index in [0.717, 1.165) is 5.46 Å². The Balaban J connectivity index is 3.09. The van der Waals surface area contributed by atoms with Crippen molar-refractivity contribution in [2.45, 2.75) is 5.75 Å². The van der Waals surface area contributed by atoms with Crippen LogP contribution in [-0.4, -0.2) is 24.8 Å². The van der Waals surface area contributed by atoms with E-state index in [9.17, 15) is 0 Å². The van der Waals surface area contributed by atoms with Crippen molar-refractivity contribution in [3.63, 3.8) is 0 Å². The van der Waals surface area contributed by atoms with E-state index in [1.165, 1.54) is 18.9 Å². The van der Waals surface area contributed by atoms with Crippen LogP contribution in [0.4, 0.5) is 5.69 Å². The van der Waals surface area contributed by atoms with Crippen molar-refractivity contribution < 1.29 is 5.11 Å². The number of nitrogens with zero attached hydrogens (tertiary/aromatic N) is 1. The van der Waals surface area contributed by atoms with Crippen molar-refractivity contribution in [3.8, 4) is 5.78 Å². The van der Waals surface area contributed by atoms with E-state index >= 15 is 0 Å². The number of aromatic nitrogens is 1.